The monoisotopic (exact) mass is 117 g/mol. The Kier molecular flexibility index (Phi) is 3.83. The van der Waals surface area contributed by atoms with Gasteiger partial charge in [-0.1, -0.05) is 13.3 Å². The van der Waals surface area contributed by atoms with E-state index in [2.05, 4.69) is 6.92 Å². The summed E-state index contributed by atoms with van der Waals surface area (Å²) in [6, 6.07) is -0.0278. The molecule has 2 nitrogen and oxygen atoms in total. The Bertz CT molecular complexity index is 54.5. The largest absolute Gasteiger partial charge is 0.392 e. The first-order valence-electron chi connectivity index (χ1n) is 3.12. The van der Waals surface area contributed by atoms with Gasteiger partial charge in [0.15, 0.2) is 0 Å². The number of aliphatic hydroxyl groups is 1. The van der Waals surface area contributed by atoms with Crippen LogP contribution < -0.4 is 5.73 Å². The van der Waals surface area contributed by atoms with E-state index in [1.807, 2.05) is 0 Å². The van der Waals surface area contributed by atoms with Crippen LogP contribution in [0.25, 0.3) is 0 Å². The first-order valence-corrected chi connectivity index (χ1v) is 3.12. The van der Waals surface area contributed by atoms with Crippen molar-refractivity contribution in [2.75, 3.05) is 0 Å². The van der Waals surface area contributed by atoms with E-state index in [1.54, 1.807) is 6.92 Å². The molecule has 0 saturated carbocycles. The normalized spacial score (nSPS) is 18.0. The summed E-state index contributed by atoms with van der Waals surface area (Å²) in [5.41, 5.74) is 5.48. The topological polar surface area (TPSA) is 46.2 Å². The number of aliphatic hydroxyl groups excluding tert-OH is 1. The van der Waals surface area contributed by atoms with E-state index < -0.39 is 0 Å². The average molecular weight is 117 g/mol. The maximum absolute atomic E-state index is 8.83. The molecule has 0 spiro atoms. The molecule has 3 N–H and O–H groups in total. The van der Waals surface area contributed by atoms with E-state index in [-0.39, 0.29) is 12.1 Å². The molecule has 0 radical (unpaired) electrons. The van der Waals surface area contributed by atoms with Gasteiger partial charge in [-0.2, -0.15) is 0 Å². The van der Waals surface area contributed by atoms with Gasteiger partial charge in [0.05, 0.1) is 6.10 Å². The van der Waals surface area contributed by atoms with Crippen LogP contribution in [0.3, 0.4) is 0 Å². The van der Waals surface area contributed by atoms with Gasteiger partial charge in [0, 0.05) is 6.04 Å². The van der Waals surface area contributed by atoms with Crippen molar-refractivity contribution in [2.24, 2.45) is 5.73 Å². The second-order valence-electron chi connectivity index (χ2n) is 2.19. The van der Waals surface area contributed by atoms with Crippen molar-refractivity contribution in [1.82, 2.24) is 0 Å². The van der Waals surface area contributed by atoms with Crippen LogP contribution in [0.15, 0.2) is 0 Å². The SMILES string of the molecule is CCC[C@H](N)[C@H](C)O. The van der Waals surface area contributed by atoms with Gasteiger partial charge in [0.1, 0.15) is 0 Å². The van der Waals surface area contributed by atoms with Crippen LogP contribution in [0.2, 0.25) is 0 Å². The molecule has 0 unspecified atom stereocenters. The molecule has 0 aromatic carbocycles. The van der Waals surface area contributed by atoms with Gasteiger partial charge in [-0.25, -0.2) is 0 Å². The molecule has 0 aliphatic carbocycles. The zero-order valence-corrected chi connectivity index (χ0v) is 5.59. The highest BCUT2D eigenvalue weighted by molar-refractivity contribution is 4.65. The molecule has 0 aliphatic rings. The molecule has 0 heterocycles. The molecule has 50 valence electrons. The minimum atomic E-state index is -0.352. The maximum atomic E-state index is 8.83. The summed E-state index contributed by atoms with van der Waals surface area (Å²) in [7, 11) is 0. The highest BCUT2D eigenvalue weighted by Crippen LogP contribution is 1.96. The molecular formula is C6H15NO. The molecule has 0 aromatic heterocycles. The minimum absolute atomic E-state index is 0.0278. The van der Waals surface area contributed by atoms with Crippen molar-refractivity contribution in [1.29, 1.82) is 0 Å². The Morgan fingerprint density at radius 3 is 2.25 bits per heavy atom. The molecule has 0 rings (SSSR count). The Labute approximate surface area is 50.7 Å². The summed E-state index contributed by atoms with van der Waals surface area (Å²) in [4.78, 5) is 0. The first kappa shape index (κ1) is 7.92. The molecule has 0 bridgehead atoms. The van der Waals surface area contributed by atoms with Crippen molar-refractivity contribution >= 4 is 0 Å². The minimum Gasteiger partial charge on any atom is -0.392 e. The van der Waals surface area contributed by atoms with Gasteiger partial charge in [-0.3, -0.25) is 0 Å². The smallest absolute Gasteiger partial charge is 0.0662 e. The molecular weight excluding hydrogens is 102 g/mol. The lowest BCUT2D eigenvalue weighted by Gasteiger charge is -2.11. The van der Waals surface area contributed by atoms with E-state index in [4.69, 9.17) is 10.8 Å². The fourth-order valence-electron chi connectivity index (χ4n) is 0.575. The molecule has 2 heteroatoms. The fourth-order valence-corrected chi connectivity index (χ4v) is 0.575. The summed E-state index contributed by atoms with van der Waals surface area (Å²) in [5.74, 6) is 0. The molecule has 0 saturated heterocycles. The standard InChI is InChI=1S/C6H15NO/c1-3-4-6(7)5(2)8/h5-6,8H,3-4,7H2,1-2H3/t5-,6-/m0/s1. The van der Waals surface area contributed by atoms with Gasteiger partial charge in [0.25, 0.3) is 0 Å². The fraction of sp³-hybridized carbons (Fsp3) is 1.00. The van der Waals surface area contributed by atoms with Crippen LogP contribution in [0.5, 0.6) is 0 Å². The molecule has 0 fully saturated rings. The maximum Gasteiger partial charge on any atom is 0.0662 e. The van der Waals surface area contributed by atoms with Crippen molar-refractivity contribution < 1.29 is 5.11 Å². The second-order valence-corrected chi connectivity index (χ2v) is 2.19. The Hall–Kier alpha value is -0.0800. The Balaban J connectivity index is 3.17. The Morgan fingerprint density at radius 1 is 1.62 bits per heavy atom. The van der Waals surface area contributed by atoms with Crippen LogP contribution in [0.4, 0.5) is 0 Å². The number of rotatable bonds is 3. The van der Waals surface area contributed by atoms with E-state index in [1.165, 1.54) is 0 Å². The summed E-state index contributed by atoms with van der Waals surface area (Å²) < 4.78 is 0. The van der Waals surface area contributed by atoms with Crippen molar-refractivity contribution in [3.05, 3.63) is 0 Å². The third-order valence-electron chi connectivity index (χ3n) is 1.24. The van der Waals surface area contributed by atoms with Crippen LogP contribution in [0, 0.1) is 0 Å². The van der Waals surface area contributed by atoms with E-state index in [0.29, 0.717) is 0 Å². The van der Waals surface area contributed by atoms with Crippen LogP contribution in [0.1, 0.15) is 26.7 Å². The molecule has 2 atom stereocenters. The number of hydrogen-bond acceptors (Lipinski definition) is 2. The molecule has 8 heavy (non-hydrogen) atoms. The summed E-state index contributed by atoms with van der Waals surface area (Å²) in [5, 5.41) is 8.83. The lowest BCUT2D eigenvalue weighted by Crippen LogP contribution is -2.31. The molecule has 0 amide bonds. The number of nitrogens with two attached hydrogens (primary N) is 1. The quantitative estimate of drug-likeness (QED) is 0.565. The predicted octanol–water partition coefficient (Wildman–Crippen LogP) is 0.495. The highest BCUT2D eigenvalue weighted by atomic mass is 16.3. The van der Waals surface area contributed by atoms with Crippen LogP contribution in [-0.2, 0) is 0 Å². The lowest BCUT2D eigenvalue weighted by molar-refractivity contribution is 0.159. The van der Waals surface area contributed by atoms with E-state index in [0.717, 1.165) is 12.8 Å². The van der Waals surface area contributed by atoms with Gasteiger partial charge in [-0.15, -0.1) is 0 Å². The molecule has 0 aromatic rings. The van der Waals surface area contributed by atoms with Crippen molar-refractivity contribution in [3.8, 4) is 0 Å². The zero-order valence-electron chi connectivity index (χ0n) is 5.59. The van der Waals surface area contributed by atoms with E-state index >= 15 is 0 Å². The summed E-state index contributed by atoms with van der Waals surface area (Å²) >= 11 is 0. The van der Waals surface area contributed by atoms with Gasteiger partial charge in [-0.05, 0) is 13.3 Å². The Morgan fingerprint density at radius 2 is 2.12 bits per heavy atom. The van der Waals surface area contributed by atoms with Crippen LogP contribution in [-0.4, -0.2) is 17.3 Å². The summed E-state index contributed by atoms with van der Waals surface area (Å²) in [6.45, 7) is 3.78. The summed E-state index contributed by atoms with van der Waals surface area (Å²) in [6.07, 6.45) is 1.61. The third-order valence-corrected chi connectivity index (χ3v) is 1.24. The van der Waals surface area contributed by atoms with Crippen molar-refractivity contribution in [2.45, 2.75) is 38.8 Å². The first-order chi connectivity index (χ1) is 3.68. The van der Waals surface area contributed by atoms with Gasteiger partial charge in [0.2, 0.25) is 0 Å². The second kappa shape index (κ2) is 3.87. The van der Waals surface area contributed by atoms with Crippen LogP contribution >= 0.6 is 0 Å². The lowest BCUT2D eigenvalue weighted by atomic mass is 10.1. The molecule has 0 aliphatic heterocycles. The van der Waals surface area contributed by atoms with Gasteiger partial charge < -0.3 is 10.8 Å². The van der Waals surface area contributed by atoms with Crippen molar-refractivity contribution in [3.63, 3.8) is 0 Å². The van der Waals surface area contributed by atoms with E-state index in [9.17, 15) is 0 Å². The third kappa shape index (κ3) is 2.99. The number of hydrogen-bond donors (Lipinski definition) is 2. The average Bonchev–Trinajstić information content (AvgIpc) is 1.67. The highest BCUT2D eigenvalue weighted by Gasteiger charge is 2.05. The zero-order chi connectivity index (χ0) is 6.57. The predicted molar refractivity (Wildman–Crippen MR) is 34.6 cm³/mol. The van der Waals surface area contributed by atoms with Gasteiger partial charge >= 0.3 is 0 Å².